The van der Waals surface area contributed by atoms with Crippen LogP contribution in [0.15, 0.2) is 18.2 Å². The molecule has 0 atom stereocenters. The lowest BCUT2D eigenvalue weighted by atomic mass is 10.1. The second kappa shape index (κ2) is 6.23. The first-order valence-corrected chi connectivity index (χ1v) is 5.33. The number of hydrogen-bond donors (Lipinski definition) is 1. The number of methoxy groups -OCH3 is 2. The third-order valence-electron chi connectivity index (χ3n) is 2.03. The van der Waals surface area contributed by atoms with Crippen molar-refractivity contribution in [3.63, 3.8) is 0 Å². The minimum absolute atomic E-state index is 0.255. The van der Waals surface area contributed by atoms with Gasteiger partial charge in [0.25, 0.3) is 5.91 Å². The molecule has 1 rings (SSSR count). The largest absolute Gasteiger partial charge is 0.496 e. The van der Waals surface area contributed by atoms with Crippen LogP contribution < -0.4 is 14.8 Å². The van der Waals surface area contributed by atoms with Crippen LogP contribution in [0, 0.1) is 0 Å². The lowest BCUT2D eigenvalue weighted by Gasteiger charge is -2.12. The molecule has 0 spiro atoms. The molecule has 5 heteroatoms. The minimum Gasteiger partial charge on any atom is -0.496 e. The van der Waals surface area contributed by atoms with Crippen LogP contribution in [0.1, 0.15) is 10.4 Å². The maximum atomic E-state index is 11.8. The molecule has 1 amide bonds. The van der Waals surface area contributed by atoms with Gasteiger partial charge < -0.3 is 14.8 Å². The summed E-state index contributed by atoms with van der Waals surface area (Å²) in [5, 5.41) is 2.67. The molecule has 0 heterocycles. The first kappa shape index (κ1) is 12.6. The molecule has 1 N–H and O–H groups in total. The molecule has 1 aromatic rings. The van der Waals surface area contributed by atoms with Crippen LogP contribution in [-0.4, -0.2) is 32.6 Å². The van der Waals surface area contributed by atoms with Crippen LogP contribution >= 0.6 is 11.6 Å². The molecule has 16 heavy (non-hydrogen) atoms. The van der Waals surface area contributed by atoms with Crippen LogP contribution in [-0.2, 0) is 0 Å². The van der Waals surface area contributed by atoms with E-state index in [1.165, 1.54) is 14.2 Å². The highest BCUT2D eigenvalue weighted by Gasteiger charge is 2.17. The summed E-state index contributed by atoms with van der Waals surface area (Å²) < 4.78 is 10.2. The zero-order chi connectivity index (χ0) is 12.0. The number of alkyl halides is 1. The topological polar surface area (TPSA) is 47.6 Å². The second-order valence-electron chi connectivity index (χ2n) is 2.98. The number of halogens is 1. The third kappa shape index (κ3) is 2.79. The zero-order valence-corrected chi connectivity index (χ0v) is 10.0. The Hall–Kier alpha value is -1.42. The summed E-state index contributed by atoms with van der Waals surface area (Å²) in [5.41, 5.74) is 0.387. The van der Waals surface area contributed by atoms with Gasteiger partial charge in [0.1, 0.15) is 17.1 Å². The molecule has 0 radical (unpaired) electrons. The lowest BCUT2D eigenvalue weighted by molar-refractivity contribution is 0.0950. The Bertz CT molecular complexity index is 346. The molecule has 0 aliphatic carbocycles. The van der Waals surface area contributed by atoms with E-state index in [1.807, 2.05) is 0 Å². The smallest absolute Gasteiger partial charge is 0.258 e. The summed E-state index contributed by atoms with van der Waals surface area (Å²) in [4.78, 5) is 11.8. The zero-order valence-electron chi connectivity index (χ0n) is 9.25. The number of rotatable bonds is 5. The van der Waals surface area contributed by atoms with Gasteiger partial charge in [-0.25, -0.2) is 0 Å². The van der Waals surface area contributed by atoms with Gasteiger partial charge in [-0.15, -0.1) is 11.6 Å². The van der Waals surface area contributed by atoms with Gasteiger partial charge in [0, 0.05) is 12.4 Å². The molecule has 0 unspecified atom stereocenters. The van der Waals surface area contributed by atoms with Gasteiger partial charge in [-0.2, -0.15) is 0 Å². The molecule has 0 aliphatic rings. The van der Waals surface area contributed by atoms with Gasteiger partial charge in [-0.05, 0) is 12.1 Å². The Morgan fingerprint density at radius 1 is 1.31 bits per heavy atom. The number of hydrogen-bond acceptors (Lipinski definition) is 3. The normalized spacial score (nSPS) is 9.69. The van der Waals surface area contributed by atoms with E-state index in [-0.39, 0.29) is 5.91 Å². The van der Waals surface area contributed by atoms with Crippen molar-refractivity contribution < 1.29 is 14.3 Å². The van der Waals surface area contributed by atoms with Crippen LogP contribution in [0.4, 0.5) is 0 Å². The highest BCUT2D eigenvalue weighted by atomic mass is 35.5. The van der Waals surface area contributed by atoms with Gasteiger partial charge in [0.15, 0.2) is 0 Å². The number of carbonyl (C=O) groups is 1. The Morgan fingerprint density at radius 2 is 1.88 bits per heavy atom. The Morgan fingerprint density at radius 3 is 2.31 bits per heavy atom. The van der Waals surface area contributed by atoms with Gasteiger partial charge in [0.05, 0.1) is 14.2 Å². The van der Waals surface area contributed by atoms with Crippen molar-refractivity contribution in [3.8, 4) is 11.5 Å². The lowest BCUT2D eigenvalue weighted by Crippen LogP contribution is -2.26. The standard InChI is InChI=1S/C11H14ClNO3/c1-15-8-4-3-5-9(16-2)10(8)11(14)13-7-6-12/h3-5H,6-7H2,1-2H3,(H,13,14). The van der Waals surface area contributed by atoms with Crippen molar-refractivity contribution in [1.82, 2.24) is 5.32 Å². The minimum atomic E-state index is -0.255. The fourth-order valence-electron chi connectivity index (χ4n) is 1.32. The Balaban J connectivity index is 3.03. The van der Waals surface area contributed by atoms with Gasteiger partial charge in [-0.1, -0.05) is 6.07 Å². The van der Waals surface area contributed by atoms with Gasteiger partial charge >= 0.3 is 0 Å². The molecule has 88 valence electrons. The average Bonchev–Trinajstić information content (AvgIpc) is 2.34. The van der Waals surface area contributed by atoms with Crippen molar-refractivity contribution in [2.75, 3.05) is 26.6 Å². The molecule has 0 saturated heterocycles. The van der Waals surface area contributed by atoms with E-state index >= 15 is 0 Å². The molecule has 4 nitrogen and oxygen atoms in total. The van der Waals surface area contributed by atoms with E-state index in [2.05, 4.69) is 5.32 Å². The summed E-state index contributed by atoms with van der Waals surface area (Å²) in [6, 6.07) is 5.17. The maximum Gasteiger partial charge on any atom is 0.258 e. The molecule has 1 aromatic carbocycles. The number of amides is 1. The van der Waals surface area contributed by atoms with Crippen LogP contribution in [0.5, 0.6) is 11.5 Å². The maximum absolute atomic E-state index is 11.8. The molecule has 0 bridgehead atoms. The predicted molar refractivity (Wildman–Crippen MR) is 62.6 cm³/mol. The first-order valence-electron chi connectivity index (χ1n) is 4.79. The van der Waals surface area contributed by atoms with Crippen molar-refractivity contribution in [1.29, 1.82) is 0 Å². The molecule has 0 fully saturated rings. The van der Waals surface area contributed by atoms with E-state index in [0.29, 0.717) is 29.5 Å². The van der Waals surface area contributed by atoms with Crippen molar-refractivity contribution >= 4 is 17.5 Å². The van der Waals surface area contributed by atoms with Crippen LogP contribution in [0.2, 0.25) is 0 Å². The molecular weight excluding hydrogens is 230 g/mol. The fraction of sp³-hybridized carbons (Fsp3) is 0.364. The summed E-state index contributed by atoms with van der Waals surface area (Å²) >= 11 is 5.50. The van der Waals surface area contributed by atoms with E-state index < -0.39 is 0 Å². The number of nitrogens with one attached hydrogen (secondary N) is 1. The molecule has 0 aromatic heterocycles. The van der Waals surface area contributed by atoms with Gasteiger partial charge in [-0.3, -0.25) is 4.79 Å². The van der Waals surface area contributed by atoms with Crippen molar-refractivity contribution in [2.24, 2.45) is 0 Å². The summed E-state index contributed by atoms with van der Waals surface area (Å²) in [6.45, 7) is 0.404. The summed E-state index contributed by atoms with van der Waals surface area (Å²) in [6.07, 6.45) is 0. The van der Waals surface area contributed by atoms with E-state index in [0.717, 1.165) is 0 Å². The SMILES string of the molecule is COc1cccc(OC)c1C(=O)NCCCl. The highest BCUT2D eigenvalue weighted by Crippen LogP contribution is 2.27. The Kier molecular flexibility index (Phi) is 4.92. The molecular formula is C11H14ClNO3. The first-order chi connectivity index (χ1) is 7.74. The van der Waals surface area contributed by atoms with Crippen molar-refractivity contribution in [2.45, 2.75) is 0 Å². The molecule has 0 aliphatic heterocycles. The second-order valence-corrected chi connectivity index (χ2v) is 3.36. The van der Waals surface area contributed by atoms with Crippen LogP contribution in [0.25, 0.3) is 0 Å². The van der Waals surface area contributed by atoms with Crippen LogP contribution in [0.3, 0.4) is 0 Å². The monoisotopic (exact) mass is 243 g/mol. The van der Waals surface area contributed by atoms with E-state index in [9.17, 15) is 4.79 Å². The summed E-state index contributed by atoms with van der Waals surface area (Å²) in [5.74, 6) is 1.07. The number of carbonyl (C=O) groups excluding carboxylic acids is 1. The number of benzene rings is 1. The quantitative estimate of drug-likeness (QED) is 0.801. The highest BCUT2D eigenvalue weighted by molar-refractivity contribution is 6.18. The average molecular weight is 244 g/mol. The van der Waals surface area contributed by atoms with E-state index in [4.69, 9.17) is 21.1 Å². The fourth-order valence-corrected chi connectivity index (χ4v) is 1.42. The molecule has 0 saturated carbocycles. The van der Waals surface area contributed by atoms with Crippen molar-refractivity contribution in [3.05, 3.63) is 23.8 Å². The number of ether oxygens (including phenoxy) is 2. The third-order valence-corrected chi connectivity index (χ3v) is 2.22. The van der Waals surface area contributed by atoms with E-state index in [1.54, 1.807) is 18.2 Å². The summed E-state index contributed by atoms with van der Waals surface area (Å²) in [7, 11) is 3.01. The predicted octanol–water partition coefficient (Wildman–Crippen LogP) is 1.67. The Labute approximate surface area is 99.5 Å². The van der Waals surface area contributed by atoms with Gasteiger partial charge in [0.2, 0.25) is 0 Å².